The Bertz CT molecular complexity index is 444. The van der Waals surface area contributed by atoms with Crippen LogP contribution in [0.4, 0.5) is 4.39 Å². The molecule has 0 aliphatic heterocycles. The van der Waals surface area contributed by atoms with E-state index in [1.54, 1.807) is 12.1 Å². The molecule has 2 atom stereocenters. The molecule has 1 aliphatic carbocycles. The molecule has 1 N–H and O–H groups in total. The number of carbonyl (C=O) groups excluding carboxylic acids is 1. The zero-order valence-electron chi connectivity index (χ0n) is 7.77. The fraction of sp³-hybridized carbons (Fsp3) is 0.300. The normalized spacial score (nSPS) is 18.7. The van der Waals surface area contributed by atoms with Gasteiger partial charge in [0.25, 0.3) is 0 Å². The zero-order valence-corrected chi connectivity index (χ0v) is 8.59. The monoisotopic (exact) mass is 228 g/mol. The topological polar surface area (TPSA) is 54.4 Å². The standard InChI is InChI=1S/C10H9FO3S/c11-10(15(13)14)7-3-1-2-6-4-5-8(12)9(6)7/h1-3,10H,4-5H2,(H,13,14). The molecule has 2 unspecified atom stereocenters. The maximum atomic E-state index is 13.4. The Morgan fingerprint density at radius 3 is 2.80 bits per heavy atom. The molecule has 1 aliphatic rings. The zero-order chi connectivity index (χ0) is 11.0. The van der Waals surface area contributed by atoms with Gasteiger partial charge in [-0.2, -0.15) is 0 Å². The number of fused-ring (bicyclic) bond motifs is 1. The van der Waals surface area contributed by atoms with Gasteiger partial charge in [0.05, 0.1) is 0 Å². The van der Waals surface area contributed by atoms with Crippen molar-refractivity contribution >= 4 is 16.9 Å². The van der Waals surface area contributed by atoms with E-state index in [0.29, 0.717) is 18.4 Å². The Morgan fingerprint density at radius 2 is 2.13 bits per heavy atom. The van der Waals surface area contributed by atoms with Crippen LogP contribution in [-0.2, 0) is 17.5 Å². The van der Waals surface area contributed by atoms with Crippen molar-refractivity contribution in [2.45, 2.75) is 18.3 Å². The molecule has 0 spiro atoms. The van der Waals surface area contributed by atoms with E-state index in [-0.39, 0.29) is 11.3 Å². The molecule has 0 heterocycles. The van der Waals surface area contributed by atoms with E-state index in [1.807, 2.05) is 0 Å². The average molecular weight is 228 g/mol. The lowest BCUT2D eigenvalue weighted by atomic mass is 10.0. The number of carbonyl (C=O) groups is 1. The number of halogens is 1. The molecule has 0 radical (unpaired) electrons. The molecule has 0 saturated carbocycles. The predicted octanol–water partition coefficient (Wildman–Crippen LogP) is 2.01. The highest BCUT2D eigenvalue weighted by molar-refractivity contribution is 7.79. The number of Topliss-reactive ketones (excluding diaryl/α,β-unsaturated/α-hetero) is 1. The van der Waals surface area contributed by atoms with E-state index in [4.69, 9.17) is 4.55 Å². The molecule has 0 amide bonds. The number of benzene rings is 1. The molecule has 1 aromatic carbocycles. The maximum absolute atomic E-state index is 13.4. The third-order valence-electron chi connectivity index (χ3n) is 2.50. The molecule has 1 aromatic rings. The van der Waals surface area contributed by atoms with E-state index in [1.165, 1.54) is 6.07 Å². The lowest BCUT2D eigenvalue weighted by molar-refractivity contribution is 0.0993. The summed E-state index contributed by atoms with van der Waals surface area (Å²) in [5.41, 5.74) is -0.893. The van der Waals surface area contributed by atoms with Crippen LogP contribution in [0.5, 0.6) is 0 Å². The number of alkyl halides is 1. The Labute approximate surface area is 88.6 Å². The largest absolute Gasteiger partial charge is 0.304 e. The van der Waals surface area contributed by atoms with E-state index < -0.39 is 16.6 Å². The lowest BCUT2D eigenvalue weighted by Gasteiger charge is -2.08. The van der Waals surface area contributed by atoms with Gasteiger partial charge in [-0.3, -0.25) is 4.79 Å². The first kappa shape index (κ1) is 10.4. The van der Waals surface area contributed by atoms with E-state index >= 15 is 0 Å². The lowest BCUT2D eigenvalue weighted by Crippen LogP contribution is -2.06. The first-order valence-corrected chi connectivity index (χ1v) is 5.67. The van der Waals surface area contributed by atoms with Crippen molar-refractivity contribution in [1.82, 2.24) is 0 Å². The van der Waals surface area contributed by atoms with Gasteiger partial charge in [0, 0.05) is 17.5 Å². The number of ketones is 1. The van der Waals surface area contributed by atoms with Crippen molar-refractivity contribution in [3.8, 4) is 0 Å². The molecule has 0 bridgehead atoms. The number of hydrogen-bond donors (Lipinski definition) is 1. The summed E-state index contributed by atoms with van der Waals surface area (Å²) in [6, 6.07) is 4.74. The quantitative estimate of drug-likeness (QED) is 0.788. The van der Waals surface area contributed by atoms with Crippen LogP contribution in [-0.4, -0.2) is 14.5 Å². The van der Waals surface area contributed by atoms with E-state index in [0.717, 1.165) is 5.56 Å². The summed E-state index contributed by atoms with van der Waals surface area (Å²) in [5.74, 6) is -0.145. The van der Waals surface area contributed by atoms with Gasteiger partial charge >= 0.3 is 0 Å². The van der Waals surface area contributed by atoms with Gasteiger partial charge in [0.15, 0.2) is 16.9 Å². The first-order chi connectivity index (χ1) is 7.11. The van der Waals surface area contributed by atoms with Gasteiger partial charge in [-0.05, 0) is 12.0 Å². The highest BCUT2D eigenvalue weighted by Gasteiger charge is 2.28. The summed E-state index contributed by atoms with van der Waals surface area (Å²) in [4.78, 5) is 11.5. The molecule has 15 heavy (non-hydrogen) atoms. The Morgan fingerprint density at radius 1 is 1.40 bits per heavy atom. The van der Waals surface area contributed by atoms with Gasteiger partial charge in [0.2, 0.25) is 5.50 Å². The van der Waals surface area contributed by atoms with Gasteiger partial charge in [-0.1, -0.05) is 18.2 Å². The van der Waals surface area contributed by atoms with Crippen LogP contribution in [0, 0.1) is 0 Å². The van der Waals surface area contributed by atoms with Gasteiger partial charge < -0.3 is 4.55 Å². The van der Waals surface area contributed by atoms with Crippen LogP contribution in [0.1, 0.15) is 33.4 Å². The van der Waals surface area contributed by atoms with Crippen LogP contribution in [0.3, 0.4) is 0 Å². The molecule has 0 saturated heterocycles. The molecule has 2 rings (SSSR count). The second-order valence-electron chi connectivity index (χ2n) is 3.40. The third-order valence-corrected chi connectivity index (χ3v) is 3.11. The minimum Gasteiger partial charge on any atom is -0.304 e. The summed E-state index contributed by atoms with van der Waals surface area (Å²) in [6.45, 7) is 0. The van der Waals surface area contributed by atoms with Crippen LogP contribution in [0.15, 0.2) is 18.2 Å². The molecule has 80 valence electrons. The van der Waals surface area contributed by atoms with Crippen molar-refractivity contribution in [3.05, 3.63) is 34.9 Å². The summed E-state index contributed by atoms with van der Waals surface area (Å²) >= 11 is -2.59. The van der Waals surface area contributed by atoms with E-state index in [2.05, 4.69) is 0 Å². The Balaban J connectivity index is 2.54. The average Bonchev–Trinajstić information content (AvgIpc) is 2.59. The minimum atomic E-state index is -2.59. The summed E-state index contributed by atoms with van der Waals surface area (Å²) in [7, 11) is 0. The number of hydrogen-bond acceptors (Lipinski definition) is 2. The fourth-order valence-corrected chi connectivity index (χ4v) is 2.25. The maximum Gasteiger partial charge on any atom is 0.225 e. The van der Waals surface area contributed by atoms with Gasteiger partial charge in [-0.25, -0.2) is 8.60 Å². The third kappa shape index (κ3) is 1.72. The number of aryl methyl sites for hydroxylation is 1. The Kier molecular flexibility index (Phi) is 2.67. The van der Waals surface area contributed by atoms with Crippen LogP contribution >= 0.6 is 0 Å². The number of rotatable bonds is 2. The van der Waals surface area contributed by atoms with Gasteiger partial charge in [-0.15, -0.1) is 0 Å². The molecule has 0 aromatic heterocycles. The molecular weight excluding hydrogens is 219 g/mol. The van der Waals surface area contributed by atoms with Crippen molar-refractivity contribution < 1.29 is 17.9 Å². The SMILES string of the molecule is O=C1CCc2cccc(C(F)S(=O)O)c21. The highest BCUT2D eigenvalue weighted by atomic mass is 32.2. The molecule has 0 fully saturated rings. The molecule has 5 heteroatoms. The minimum absolute atomic E-state index is 0.0378. The molecular formula is C10H9FO3S. The van der Waals surface area contributed by atoms with Crippen LogP contribution in [0.25, 0.3) is 0 Å². The Hall–Kier alpha value is -1.07. The second-order valence-corrected chi connectivity index (χ2v) is 4.36. The summed E-state index contributed by atoms with van der Waals surface area (Å²) < 4.78 is 32.7. The summed E-state index contributed by atoms with van der Waals surface area (Å²) in [5, 5.41) is 0. The highest BCUT2D eigenvalue weighted by Crippen LogP contribution is 2.31. The smallest absolute Gasteiger partial charge is 0.225 e. The van der Waals surface area contributed by atoms with E-state index in [9.17, 15) is 13.4 Å². The van der Waals surface area contributed by atoms with Crippen molar-refractivity contribution in [1.29, 1.82) is 0 Å². The van der Waals surface area contributed by atoms with Crippen molar-refractivity contribution in [2.24, 2.45) is 0 Å². The van der Waals surface area contributed by atoms with Crippen LogP contribution < -0.4 is 0 Å². The van der Waals surface area contributed by atoms with Crippen molar-refractivity contribution in [2.75, 3.05) is 0 Å². The van der Waals surface area contributed by atoms with Crippen LogP contribution in [0.2, 0.25) is 0 Å². The first-order valence-electron chi connectivity index (χ1n) is 4.50. The van der Waals surface area contributed by atoms with Gasteiger partial charge in [0.1, 0.15) is 0 Å². The van der Waals surface area contributed by atoms with Crippen molar-refractivity contribution in [3.63, 3.8) is 0 Å². The fourth-order valence-electron chi connectivity index (χ4n) is 1.84. The second kappa shape index (κ2) is 3.83. The summed E-state index contributed by atoms with van der Waals surface area (Å²) in [6.07, 6.45) is 0.948. The molecule has 3 nitrogen and oxygen atoms in total. The predicted molar refractivity (Wildman–Crippen MR) is 53.7 cm³/mol.